The number of piperidine rings is 1. The Morgan fingerprint density at radius 2 is 1.95 bits per heavy atom. The van der Waals surface area contributed by atoms with Crippen molar-refractivity contribution in [1.29, 1.82) is 0 Å². The van der Waals surface area contributed by atoms with Crippen LogP contribution in [-0.2, 0) is 4.79 Å². The van der Waals surface area contributed by atoms with Crippen LogP contribution in [0.2, 0.25) is 0 Å². The fraction of sp³-hybridized carbons (Fsp3) is 0.471. The maximum absolute atomic E-state index is 11.1. The van der Waals surface area contributed by atoms with Crippen molar-refractivity contribution in [3.8, 4) is 0 Å². The highest BCUT2D eigenvalue weighted by Gasteiger charge is 2.27. The maximum atomic E-state index is 11.1. The molecular formula is C17H19N2O2. The third-order valence-electron chi connectivity index (χ3n) is 4.80. The number of aliphatic carboxylic acids is 1. The second-order valence-corrected chi connectivity index (χ2v) is 6.19. The zero-order chi connectivity index (χ0) is 14.4. The molecule has 0 atom stereocenters. The second-order valence-electron chi connectivity index (χ2n) is 6.19. The minimum Gasteiger partial charge on any atom is -0.481 e. The van der Waals surface area contributed by atoms with Crippen molar-refractivity contribution in [1.82, 2.24) is 4.57 Å². The van der Waals surface area contributed by atoms with Gasteiger partial charge in [-0.15, -0.1) is 0 Å². The van der Waals surface area contributed by atoms with Crippen LogP contribution in [-0.4, -0.2) is 28.7 Å². The molecule has 1 aromatic heterocycles. The summed E-state index contributed by atoms with van der Waals surface area (Å²) in [5.41, 5.74) is 2.46. The smallest absolute Gasteiger partial charge is 0.306 e. The number of benzene rings is 1. The van der Waals surface area contributed by atoms with Crippen molar-refractivity contribution in [3.05, 3.63) is 30.5 Å². The van der Waals surface area contributed by atoms with Crippen LogP contribution in [0, 0.1) is 12.0 Å². The predicted octanol–water partition coefficient (Wildman–Crippen LogP) is 3.08. The molecule has 2 heterocycles. The molecule has 1 saturated heterocycles. The first-order valence-electron chi connectivity index (χ1n) is 7.72. The minimum absolute atomic E-state index is 0.180. The first kappa shape index (κ1) is 12.7. The van der Waals surface area contributed by atoms with Crippen molar-refractivity contribution in [2.45, 2.75) is 31.7 Å². The molecule has 0 bridgehead atoms. The Hall–Kier alpha value is -1.97. The standard InChI is InChI=1S/C17H19N2O2/c20-17(21)12-6-9-18(10-7-12)15-2-1-3-16-14(15)8-11-19(16)13-4-5-13/h2-3,8,11-13H,4-7,9-10H2,(H,20,21). The zero-order valence-electron chi connectivity index (χ0n) is 12.0. The third kappa shape index (κ3) is 2.19. The lowest BCUT2D eigenvalue weighted by atomic mass is 9.96. The van der Waals surface area contributed by atoms with E-state index in [9.17, 15) is 4.79 Å². The molecular weight excluding hydrogens is 264 g/mol. The summed E-state index contributed by atoms with van der Waals surface area (Å²) in [4.78, 5) is 13.4. The molecule has 0 unspecified atom stereocenters. The van der Waals surface area contributed by atoms with Crippen molar-refractivity contribution in [3.63, 3.8) is 0 Å². The van der Waals surface area contributed by atoms with Gasteiger partial charge in [0.2, 0.25) is 0 Å². The van der Waals surface area contributed by atoms with Gasteiger partial charge in [-0.1, -0.05) is 0 Å². The Labute approximate surface area is 124 Å². The van der Waals surface area contributed by atoms with Gasteiger partial charge in [0.05, 0.1) is 11.4 Å². The van der Waals surface area contributed by atoms with Gasteiger partial charge in [-0.05, 0) is 49.9 Å². The highest BCUT2D eigenvalue weighted by atomic mass is 16.4. The molecule has 2 fully saturated rings. The van der Waals surface area contributed by atoms with Gasteiger partial charge >= 0.3 is 5.97 Å². The topological polar surface area (TPSA) is 45.5 Å². The molecule has 1 saturated carbocycles. The van der Waals surface area contributed by atoms with Gasteiger partial charge in [0.1, 0.15) is 0 Å². The summed E-state index contributed by atoms with van der Waals surface area (Å²) < 4.78 is 2.36. The summed E-state index contributed by atoms with van der Waals surface area (Å²) in [6.45, 7) is 1.64. The van der Waals surface area contributed by atoms with Gasteiger partial charge in [-0.2, -0.15) is 0 Å². The van der Waals surface area contributed by atoms with Crippen molar-refractivity contribution in [2.75, 3.05) is 18.0 Å². The number of nitrogens with zero attached hydrogens (tertiary/aromatic N) is 2. The van der Waals surface area contributed by atoms with E-state index in [2.05, 4.69) is 33.9 Å². The predicted molar refractivity (Wildman–Crippen MR) is 81.6 cm³/mol. The van der Waals surface area contributed by atoms with E-state index in [1.54, 1.807) is 0 Å². The Morgan fingerprint density at radius 1 is 1.19 bits per heavy atom. The maximum Gasteiger partial charge on any atom is 0.306 e. The van der Waals surface area contributed by atoms with Crippen LogP contribution in [0.1, 0.15) is 31.7 Å². The molecule has 0 spiro atoms. The number of carboxylic acid groups (broad SMARTS) is 1. The lowest BCUT2D eigenvalue weighted by molar-refractivity contribution is -0.142. The van der Waals surface area contributed by atoms with Crippen molar-refractivity contribution >= 4 is 22.6 Å². The van der Waals surface area contributed by atoms with Crippen LogP contribution in [0.3, 0.4) is 0 Å². The quantitative estimate of drug-likeness (QED) is 0.941. The van der Waals surface area contributed by atoms with Crippen molar-refractivity contribution < 1.29 is 9.90 Å². The summed E-state index contributed by atoms with van der Waals surface area (Å²) in [7, 11) is 0. The molecule has 1 aliphatic heterocycles. The molecule has 21 heavy (non-hydrogen) atoms. The number of aromatic nitrogens is 1. The molecule has 2 aliphatic rings. The molecule has 1 radical (unpaired) electrons. The average Bonchev–Trinajstić information content (AvgIpc) is 3.26. The summed E-state index contributed by atoms with van der Waals surface area (Å²) in [5, 5.41) is 10.4. The molecule has 2 aromatic rings. The molecule has 1 aromatic carbocycles. The largest absolute Gasteiger partial charge is 0.481 e. The number of anilines is 1. The second kappa shape index (κ2) is 4.79. The summed E-state index contributed by atoms with van der Waals surface area (Å²) >= 11 is 0. The Balaban J connectivity index is 1.63. The summed E-state index contributed by atoms with van der Waals surface area (Å²) in [6.07, 6.45) is 6.20. The van der Waals surface area contributed by atoms with Gasteiger partial charge in [0.25, 0.3) is 0 Å². The fourth-order valence-electron chi connectivity index (χ4n) is 3.41. The highest BCUT2D eigenvalue weighted by molar-refractivity contribution is 5.93. The van der Waals surface area contributed by atoms with Crippen LogP contribution >= 0.6 is 0 Å². The molecule has 1 N–H and O–H groups in total. The number of carboxylic acids is 1. The fourth-order valence-corrected chi connectivity index (χ4v) is 3.41. The van der Waals surface area contributed by atoms with Gasteiger partial charge in [0, 0.05) is 36.4 Å². The van der Waals surface area contributed by atoms with E-state index >= 15 is 0 Å². The number of hydrogen-bond donors (Lipinski definition) is 1. The number of hydrogen-bond acceptors (Lipinski definition) is 2. The summed E-state index contributed by atoms with van der Waals surface area (Å²) in [5.74, 6) is -0.834. The highest BCUT2D eigenvalue weighted by Crippen LogP contribution is 2.39. The van der Waals surface area contributed by atoms with Gasteiger partial charge in [-0.25, -0.2) is 0 Å². The van der Waals surface area contributed by atoms with Gasteiger partial charge in [-0.3, -0.25) is 4.79 Å². The number of rotatable bonds is 3. The Kier molecular flexibility index (Phi) is 2.91. The number of fused-ring (bicyclic) bond motifs is 1. The number of carbonyl (C=O) groups is 1. The first-order valence-corrected chi connectivity index (χ1v) is 7.72. The molecule has 4 rings (SSSR count). The molecule has 4 heteroatoms. The molecule has 4 nitrogen and oxygen atoms in total. The minimum atomic E-state index is -0.653. The van der Waals surface area contributed by atoms with Crippen LogP contribution in [0.25, 0.3) is 10.9 Å². The zero-order valence-corrected chi connectivity index (χ0v) is 12.0. The van der Waals surface area contributed by atoms with Crippen LogP contribution in [0.4, 0.5) is 5.69 Å². The monoisotopic (exact) mass is 283 g/mol. The van der Waals surface area contributed by atoms with E-state index < -0.39 is 5.97 Å². The normalized spacial score (nSPS) is 20.1. The van der Waals surface area contributed by atoms with Crippen LogP contribution in [0.15, 0.2) is 24.4 Å². The lowest BCUT2D eigenvalue weighted by Crippen LogP contribution is -2.36. The van der Waals surface area contributed by atoms with Gasteiger partial charge < -0.3 is 14.6 Å². The van der Waals surface area contributed by atoms with E-state index in [1.807, 2.05) is 6.07 Å². The Bertz CT molecular complexity index is 679. The SMILES string of the molecule is O=C(O)C1CCN(c2c[c]cc3c2ccn3C2CC2)CC1. The van der Waals surface area contributed by atoms with E-state index in [-0.39, 0.29) is 5.92 Å². The van der Waals surface area contributed by atoms with E-state index in [4.69, 9.17) is 5.11 Å². The molecule has 0 amide bonds. The van der Waals surface area contributed by atoms with E-state index in [0.717, 1.165) is 25.9 Å². The summed E-state index contributed by atoms with van der Waals surface area (Å²) in [6, 6.07) is 10.2. The lowest BCUT2D eigenvalue weighted by Gasteiger charge is -2.32. The van der Waals surface area contributed by atoms with Gasteiger partial charge in [0.15, 0.2) is 0 Å². The van der Waals surface area contributed by atoms with Crippen LogP contribution < -0.4 is 4.90 Å². The molecule has 109 valence electrons. The first-order chi connectivity index (χ1) is 10.2. The van der Waals surface area contributed by atoms with Crippen molar-refractivity contribution in [2.24, 2.45) is 5.92 Å². The Morgan fingerprint density at radius 3 is 2.62 bits per heavy atom. The molecule has 1 aliphatic carbocycles. The van der Waals surface area contributed by atoms with Crippen LogP contribution in [0.5, 0.6) is 0 Å². The average molecular weight is 283 g/mol. The third-order valence-corrected chi connectivity index (χ3v) is 4.80. The van der Waals surface area contributed by atoms with E-state index in [0.29, 0.717) is 6.04 Å². The van der Waals surface area contributed by atoms with E-state index in [1.165, 1.54) is 29.4 Å².